The van der Waals surface area contributed by atoms with Crippen LogP contribution < -0.4 is 9.47 Å². The van der Waals surface area contributed by atoms with E-state index in [2.05, 4.69) is 0 Å². The number of nitrogens with zero attached hydrogens (tertiary/aromatic N) is 2. The number of rotatable bonds is 4. The van der Waals surface area contributed by atoms with Gasteiger partial charge in [-0.3, -0.25) is 0 Å². The third kappa shape index (κ3) is 3.71. The zero-order valence-corrected chi connectivity index (χ0v) is 16.6. The van der Waals surface area contributed by atoms with Gasteiger partial charge in [0.2, 0.25) is 23.1 Å². The lowest BCUT2D eigenvalue weighted by Crippen LogP contribution is -2.05. The normalized spacial score (nSPS) is 10.6. The summed E-state index contributed by atoms with van der Waals surface area (Å²) in [6.07, 6.45) is 0. The minimum absolute atomic E-state index is 0.183. The highest BCUT2D eigenvalue weighted by Gasteiger charge is 2.32. The van der Waals surface area contributed by atoms with E-state index in [1.54, 1.807) is 12.1 Å². The molecule has 168 valence electrons. The van der Waals surface area contributed by atoms with Crippen molar-refractivity contribution in [2.75, 3.05) is 0 Å². The lowest BCUT2D eigenvalue weighted by Gasteiger charge is -2.15. The van der Waals surface area contributed by atoms with Crippen LogP contribution in [0.1, 0.15) is 11.1 Å². The average Bonchev–Trinajstić information content (AvgIpc) is 2.86. The minimum atomic E-state index is -2.04. The third-order valence-electron chi connectivity index (χ3n) is 4.72. The minimum Gasteiger partial charge on any atom is -0.451 e. The number of benzene rings is 4. The topological polar surface area (TPSA) is 66.0 Å². The van der Waals surface area contributed by atoms with Gasteiger partial charge in [-0.25, -0.2) is 17.6 Å². The van der Waals surface area contributed by atoms with Crippen LogP contribution in [0.3, 0.4) is 0 Å². The van der Waals surface area contributed by atoms with Crippen LogP contribution in [0.5, 0.6) is 23.0 Å². The predicted molar refractivity (Wildman–Crippen MR) is 106 cm³/mol. The van der Waals surface area contributed by atoms with Gasteiger partial charge in [0.15, 0.2) is 23.3 Å². The molecule has 0 saturated heterocycles. The molecule has 4 nitrogen and oxygen atoms in total. The highest BCUT2D eigenvalue weighted by atomic mass is 19.2. The maximum Gasteiger partial charge on any atom is 0.205 e. The van der Waals surface area contributed by atoms with Crippen molar-refractivity contribution in [3.05, 3.63) is 94.6 Å². The molecule has 34 heavy (non-hydrogen) atoms. The molecule has 0 aromatic heterocycles. The summed E-state index contributed by atoms with van der Waals surface area (Å²) in [7, 11) is 0. The molecule has 0 heterocycles. The maximum atomic E-state index is 15.0. The van der Waals surface area contributed by atoms with E-state index in [1.807, 2.05) is 0 Å². The Labute approximate surface area is 187 Å². The molecule has 4 aromatic rings. The maximum absolute atomic E-state index is 15.0. The van der Waals surface area contributed by atoms with Gasteiger partial charge in [0.1, 0.15) is 11.5 Å². The van der Waals surface area contributed by atoms with Gasteiger partial charge in [0.05, 0.1) is 34.0 Å². The van der Waals surface area contributed by atoms with Crippen molar-refractivity contribution >= 4 is 10.8 Å². The van der Waals surface area contributed by atoms with Crippen LogP contribution in [-0.4, -0.2) is 0 Å². The van der Waals surface area contributed by atoms with Gasteiger partial charge in [-0.05, 0) is 48.5 Å². The fraction of sp³-hybridized carbons (Fsp3) is 0. The standard InChI is InChI=1S/C24H8F6N2O2/c25-17-16-15(19(27)23(21(17)29)33-13-5-1-11(9-31)2-6-13)18(26)22(30)24(20(16)28)34-14-7-3-12(10-32)4-8-14/h1-8H. The fourth-order valence-electron chi connectivity index (χ4n) is 3.08. The highest BCUT2D eigenvalue weighted by molar-refractivity contribution is 5.88. The van der Waals surface area contributed by atoms with Crippen LogP contribution >= 0.6 is 0 Å². The van der Waals surface area contributed by atoms with Crippen LogP contribution in [-0.2, 0) is 0 Å². The summed E-state index contributed by atoms with van der Waals surface area (Å²) in [6.45, 7) is 0. The second-order valence-electron chi connectivity index (χ2n) is 6.77. The highest BCUT2D eigenvalue weighted by Crippen LogP contribution is 2.42. The second kappa shape index (κ2) is 8.68. The molecule has 0 saturated carbocycles. The predicted octanol–water partition coefficient (Wildman–Crippen LogP) is 7.00. The second-order valence-corrected chi connectivity index (χ2v) is 6.77. The molecule has 0 N–H and O–H groups in total. The largest absolute Gasteiger partial charge is 0.451 e. The number of fused-ring (bicyclic) bond motifs is 1. The van der Waals surface area contributed by atoms with Gasteiger partial charge in [0.25, 0.3) is 0 Å². The van der Waals surface area contributed by atoms with Crippen molar-refractivity contribution < 1.29 is 35.8 Å². The third-order valence-corrected chi connectivity index (χ3v) is 4.72. The Bertz CT molecular complexity index is 1410. The molecule has 0 aliphatic carbocycles. The van der Waals surface area contributed by atoms with Crippen molar-refractivity contribution in [2.24, 2.45) is 0 Å². The summed E-state index contributed by atoms with van der Waals surface area (Å²) in [4.78, 5) is 0. The van der Waals surface area contributed by atoms with E-state index in [0.29, 0.717) is 0 Å². The molecule has 0 atom stereocenters. The van der Waals surface area contributed by atoms with Gasteiger partial charge >= 0.3 is 0 Å². The van der Waals surface area contributed by atoms with Crippen LogP contribution in [0.15, 0.2) is 48.5 Å². The van der Waals surface area contributed by atoms with E-state index in [0.717, 1.165) is 24.3 Å². The van der Waals surface area contributed by atoms with Crippen molar-refractivity contribution in [3.8, 4) is 35.1 Å². The summed E-state index contributed by atoms with van der Waals surface area (Å²) < 4.78 is 98.6. The fourth-order valence-corrected chi connectivity index (χ4v) is 3.08. The number of halogens is 6. The molecule has 4 rings (SSSR count). The van der Waals surface area contributed by atoms with E-state index >= 15 is 0 Å². The molecule has 0 fully saturated rings. The summed E-state index contributed by atoms with van der Waals surface area (Å²) in [5.74, 6) is -15.2. The Kier molecular flexibility index (Phi) is 5.74. The monoisotopic (exact) mass is 470 g/mol. The van der Waals surface area contributed by atoms with Crippen molar-refractivity contribution in [2.45, 2.75) is 0 Å². The van der Waals surface area contributed by atoms with E-state index in [4.69, 9.17) is 20.0 Å². The molecule has 0 spiro atoms. The van der Waals surface area contributed by atoms with Crippen molar-refractivity contribution in [1.29, 1.82) is 10.5 Å². The van der Waals surface area contributed by atoms with E-state index in [1.165, 1.54) is 24.3 Å². The molecule has 4 aromatic carbocycles. The average molecular weight is 470 g/mol. The number of hydrogen-bond donors (Lipinski definition) is 0. The Morgan fingerprint density at radius 1 is 0.471 bits per heavy atom. The van der Waals surface area contributed by atoms with Crippen LogP contribution in [0.25, 0.3) is 10.8 Å². The Morgan fingerprint density at radius 2 is 0.794 bits per heavy atom. The molecule has 0 aliphatic heterocycles. The van der Waals surface area contributed by atoms with Crippen LogP contribution in [0.4, 0.5) is 26.3 Å². The lowest BCUT2D eigenvalue weighted by atomic mass is 10.1. The summed E-state index contributed by atoms with van der Waals surface area (Å²) in [6, 6.07) is 13.0. The van der Waals surface area contributed by atoms with Crippen LogP contribution in [0, 0.1) is 57.6 Å². The van der Waals surface area contributed by atoms with Crippen molar-refractivity contribution in [3.63, 3.8) is 0 Å². The van der Waals surface area contributed by atoms with Gasteiger partial charge in [-0.15, -0.1) is 0 Å². The quantitative estimate of drug-likeness (QED) is 0.238. The first kappa shape index (κ1) is 22.5. The van der Waals surface area contributed by atoms with Gasteiger partial charge in [-0.2, -0.15) is 19.3 Å². The lowest BCUT2D eigenvalue weighted by molar-refractivity contribution is 0.377. The molecule has 0 radical (unpaired) electrons. The SMILES string of the molecule is N#Cc1ccc(Oc2c(F)c(F)c3c(F)c(Oc4ccc(C#N)cc4)c(F)c(F)c3c2F)cc1. The first-order chi connectivity index (χ1) is 16.3. The van der Waals surface area contributed by atoms with E-state index < -0.39 is 57.2 Å². The van der Waals surface area contributed by atoms with Crippen molar-refractivity contribution in [1.82, 2.24) is 0 Å². The number of nitriles is 2. The molecule has 0 aliphatic rings. The molecule has 0 unspecified atom stereocenters. The molecular weight excluding hydrogens is 462 g/mol. The zero-order valence-electron chi connectivity index (χ0n) is 16.6. The van der Waals surface area contributed by atoms with E-state index in [9.17, 15) is 26.3 Å². The summed E-state index contributed by atoms with van der Waals surface area (Å²) in [5.41, 5.74) is 0.367. The van der Waals surface area contributed by atoms with Gasteiger partial charge in [-0.1, -0.05) is 0 Å². The van der Waals surface area contributed by atoms with Crippen LogP contribution in [0.2, 0.25) is 0 Å². The summed E-state index contributed by atoms with van der Waals surface area (Å²) >= 11 is 0. The zero-order chi connectivity index (χ0) is 24.6. The summed E-state index contributed by atoms with van der Waals surface area (Å²) in [5, 5.41) is 14.5. The molecule has 0 amide bonds. The molecule has 0 bridgehead atoms. The Hall–Kier alpha value is -4.70. The molecule has 10 heteroatoms. The number of hydrogen-bond acceptors (Lipinski definition) is 4. The molecular formula is C24H8F6N2O2. The first-order valence-corrected chi connectivity index (χ1v) is 9.29. The smallest absolute Gasteiger partial charge is 0.205 e. The Balaban J connectivity index is 1.87. The number of ether oxygens (including phenoxy) is 2. The first-order valence-electron chi connectivity index (χ1n) is 9.29. The Morgan fingerprint density at radius 3 is 1.09 bits per heavy atom. The van der Waals surface area contributed by atoms with E-state index in [-0.39, 0.29) is 22.6 Å². The van der Waals surface area contributed by atoms with Gasteiger partial charge < -0.3 is 9.47 Å². The van der Waals surface area contributed by atoms with Gasteiger partial charge in [0, 0.05) is 0 Å².